The van der Waals surface area contributed by atoms with E-state index in [-0.39, 0.29) is 6.10 Å². The number of nitrogens with zero attached hydrogens (tertiary/aromatic N) is 5. The molecule has 6 nitrogen and oxygen atoms in total. The zero-order valence-corrected chi connectivity index (χ0v) is 13.2. The lowest BCUT2D eigenvalue weighted by molar-refractivity contribution is 0.0911. The van der Waals surface area contributed by atoms with Gasteiger partial charge in [-0.1, -0.05) is 17.8 Å². The Morgan fingerprint density at radius 3 is 3.23 bits per heavy atom. The van der Waals surface area contributed by atoms with Crippen molar-refractivity contribution in [3.8, 4) is 0 Å². The van der Waals surface area contributed by atoms with Crippen molar-refractivity contribution < 1.29 is 4.74 Å². The van der Waals surface area contributed by atoms with Gasteiger partial charge in [-0.05, 0) is 54.2 Å². The van der Waals surface area contributed by atoms with Crippen molar-refractivity contribution >= 4 is 11.8 Å². The zero-order valence-electron chi connectivity index (χ0n) is 12.4. The Kier molecular flexibility index (Phi) is 4.07. The van der Waals surface area contributed by atoms with Crippen LogP contribution in [0.5, 0.6) is 0 Å². The molecule has 0 aromatic carbocycles. The van der Waals surface area contributed by atoms with Crippen molar-refractivity contribution in [2.45, 2.75) is 55.2 Å². The molecule has 0 amide bonds. The van der Waals surface area contributed by atoms with Crippen LogP contribution in [0, 0.1) is 0 Å². The number of pyridine rings is 1. The predicted molar refractivity (Wildman–Crippen MR) is 82.6 cm³/mol. The molecule has 116 valence electrons. The highest BCUT2D eigenvalue weighted by Gasteiger charge is 2.25. The maximum absolute atomic E-state index is 5.69. The summed E-state index contributed by atoms with van der Waals surface area (Å²) in [7, 11) is 0. The Balaban J connectivity index is 1.51. The molecule has 7 heteroatoms. The smallest absolute Gasteiger partial charge is 0.210 e. The van der Waals surface area contributed by atoms with E-state index in [1.54, 1.807) is 11.8 Å². The highest BCUT2D eigenvalue weighted by molar-refractivity contribution is 7.99. The van der Waals surface area contributed by atoms with Gasteiger partial charge in [-0.3, -0.25) is 4.98 Å². The first kappa shape index (κ1) is 14.1. The van der Waals surface area contributed by atoms with E-state index >= 15 is 0 Å². The van der Waals surface area contributed by atoms with Crippen LogP contribution in [-0.2, 0) is 17.7 Å². The first-order chi connectivity index (χ1) is 10.9. The average Bonchev–Trinajstić information content (AvgIpc) is 3.21. The minimum atomic E-state index is 0.250. The molecule has 22 heavy (non-hydrogen) atoms. The molecule has 1 saturated heterocycles. The number of aryl methyl sites for hydroxylation is 1. The zero-order chi connectivity index (χ0) is 14.8. The van der Waals surface area contributed by atoms with Crippen molar-refractivity contribution in [2.75, 3.05) is 6.61 Å². The molecule has 2 unspecified atom stereocenters. The van der Waals surface area contributed by atoms with Crippen LogP contribution < -0.4 is 0 Å². The lowest BCUT2D eigenvalue weighted by Crippen LogP contribution is -2.17. The topological polar surface area (TPSA) is 65.7 Å². The highest BCUT2D eigenvalue weighted by Crippen LogP contribution is 2.41. The first-order valence-corrected chi connectivity index (χ1v) is 8.76. The van der Waals surface area contributed by atoms with Gasteiger partial charge < -0.3 is 4.74 Å². The summed E-state index contributed by atoms with van der Waals surface area (Å²) in [6, 6.07) is 4.21. The summed E-state index contributed by atoms with van der Waals surface area (Å²) in [4.78, 5) is 4.59. The normalized spacial score (nSPS) is 24.4. The number of tetrazole rings is 1. The molecular weight excluding hydrogens is 298 g/mol. The number of hydrogen-bond acceptors (Lipinski definition) is 6. The van der Waals surface area contributed by atoms with Crippen molar-refractivity contribution in [1.82, 2.24) is 25.2 Å². The summed E-state index contributed by atoms with van der Waals surface area (Å²) in [5, 5.41) is 13.4. The second-order valence-corrected chi connectivity index (χ2v) is 6.99. The van der Waals surface area contributed by atoms with E-state index in [1.165, 1.54) is 17.7 Å². The van der Waals surface area contributed by atoms with Crippen molar-refractivity contribution in [3.63, 3.8) is 0 Å². The molecule has 2 atom stereocenters. The predicted octanol–water partition coefficient (Wildman–Crippen LogP) is 2.42. The molecule has 2 aromatic rings. The molecular formula is C15H19N5OS. The molecule has 1 aliphatic carbocycles. The quantitative estimate of drug-likeness (QED) is 0.863. The van der Waals surface area contributed by atoms with E-state index in [4.69, 9.17) is 4.74 Å². The van der Waals surface area contributed by atoms with E-state index in [9.17, 15) is 0 Å². The summed E-state index contributed by atoms with van der Waals surface area (Å²) in [6.45, 7) is 1.60. The van der Waals surface area contributed by atoms with Crippen LogP contribution in [-0.4, -0.2) is 37.9 Å². The number of ether oxygens (including phenoxy) is 1. The average molecular weight is 317 g/mol. The minimum absolute atomic E-state index is 0.250. The highest BCUT2D eigenvalue weighted by atomic mass is 32.2. The van der Waals surface area contributed by atoms with Gasteiger partial charge in [-0.2, -0.15) is 0 Å². The maximum Gasteiger partial charge on any atom is 0.210 e. The molecule has 0 spiro atoms. The summed E-state index contributed by atoms with van der Waals surface area (Å²) >= 11 is 1.73. The van der Waals surface area contributed by atoms with Gasteiger partial charge in [0.25, 0.3) is 0 Å². The minimum Gasteiger partial charge on any atom is -0.376 e. The molecule has 0 saturated carbocycles. The molecule has 2 aromatic heterocycles. The van der Waals surface area contributed by atoms with Crippen LogP contribution in [0.2, 0.25) is 0 Å². The van der Waals surface area contributed by atoms with E-state index in [1.807, 2.05) is 16.9 Å². The number of aromatic nitrogens is 5. The molecule has 0 radical (unpaired) electrons. The summed E-state index contributed by atoms with van der Waals surface area (Å²) in [6.07, 6.45) is 7.81. The van der Waals surface area contributed by atoms with Gasteiger partial charge in [-0.25, -0.2) is 4.68 Å². The van der Waals surface area contributed by atoms with Gasteiger partial charge in [0.1, 0.15) is 0 Å². The van der Waals surface area contributed by atoms with Crippen LogP contribution in [0.25, 0.3) is 0 Å². The molecule has 2 aliphatic rings. The van der Waals surface area contributed by atoms with Crippen molar-refractivity contribution in [1.29, 1.82) is 0 Å². The third-order valence-corrected chi connectivity index (χ3v) is 5.54. The number of fused-ring (bicyclic) bond motifs is 1. The molecule has 4 rings (SSSR count). The standard InChI is InChI=1S/C15H19N5OS/c1-4-11-5-2-8-16-14(11)13(7-1)22-15-17-18-19-20(15)10-12-6-3-9-21-12/h2,5,8,12-13H,1,3-4,6-7,9-10H2. The molecule has 1 aliphatic heterocycles. The van der Waals surface area contributed by atoms with Gasteiger partial charge in [0, 0.05) is 12.8 Å². The molecule has 1 fully saturated rings. The first-order valence-electron chi connectivity index (χ1n) is 7.88. The van der Waals surface area contributed by atoms with Crippen molar-refractivity contribution in [2.24, 2.45) is 0 Å². The Hall–Kier alpha value is -1.47. The van der Waals surface area contributed by atoms with E-state index in [0.717, 1.165) is 44.0 Å². The summed E-state index contributed by atoms with van der Waals surface area (Å²) in [5.74, 6) is 0. The summed E-state index contributed by atoms with van der Waals surface area (Å²) in [5.41, 5.74) is 2.56. The third-order valence-electron chi connectivity index (χ3n) is 4.29. The second kappa shape index (κ2) is 6.34. The molecule has 0 bridgehead atoms. The van der Waals surface area contributed by atoms with Crippen LogP contribution in [0.1, 0.15) is 42.2 Å². The van der Waals surface area contributed by atoms with E-state index in [0.29, 0.717) is 5.25 Å². The van der Waals surface area contributed by atoms with Gasteiger partial charge in [0.15, 0.2) is 0 Å². The van der Waals surface area contributed by atoms with E-state index < -0.39 is 0 Å². The fourth-order valence-electron chi connectivity index (χ4n) is 3.19. The Morgan fingerprint density at radius 2 is 2.32 bits per heavy atom. The fraction of sp³-hybridized carbons (Fsp3) is 0.600. The van der Waals surface area contributed by atoms with Crippen LogP contribution in [0.4, 0.5) is 0 Å². The molecule has 3 heterocycles. The SMILES string of the molecule is c1cnc2c(c1)CCCC2Sc1nnnn1CC1CCCO1. The number of rotatable bonds is 4. The van der Waals surface area contributed by atoms with Gasteiger partial charge in [0.05, 0.1) is 23.6 Å². The van der Waals surface area contributed by atoms with E-state index in [2.05, 4.69) is 26.6 Å². The monoisotopic (exact) mass is 317 g/mol. The number of hydrogen-bond donors (Lipinski definition) is 0. The lowest BCUT2D eigenvalue weighted by Gasteiger charge is -2.23. The Bertz CT molecular complexity index is 640. The van der Waals surface area contributed by atoms with Crippen LogP contribution in [0.15, 0.2) is 23.5 Å². The van der Waals surface area contributed by atoms with Gasteiger partial charge in [0.2, 0.25) is 5.16 Å². The Morgan fingerprint density at radius 1 is 1.32 bits per heavy atom. The van der Waals surface area contributed by atoms with Crippen molar-refractivity contribution in [3.05, 3.63) is 29.6 Å². The lowest BCUT2D eigenvalue weighted by atomic mass is 9.96. The van der Waals surface area contributed by atoms with Gasteiger partial charge in [-0.15, -0.1) is 5.10 Å². The van der Waals surface area contributed by atoms with Crippen LogP contribution in [0.3, 0.4) is 0 Å². The largest absolute Gasteiger partial charge is 0.376 e. The third kappa shape index (κ3) is 2.87. The number of thioether (sulfide) groups is 1. The summed E-state index contributed by atoms with van der Waals surface area (Å²) < 4.78 is 7.58. The molecule has 0 N–H and O–H groups in total. The van der Waals surface area contributed by atoms with Gasteiger partial charge >= 0.3 is 0 Å². The van der Waals surface area contributed by atoms with Crippen LogP contribution >= 0.6 is 11.8 Å². The second-order valence-electron chi connectivity index (χ2n) is 5.83. The maximum atomic E-state index is 5.69. The Labute approximate surface area is 133 Å². The fourth-order valence-corrected chi connectivity index (χ4v) is 4.36.